The van der Waals surface area contributed by atoms with Crippen LogP contribution in [0.4, 0.5) is 22.7 Å². The number of aryl methyl sites for hydroxylation is 4. The minimum atomic E-state index is 0. The van der Waals surface area contributed by atoms with Crippen LogP contribution in [0, 0.1) is 27.7 Å². The van der Waals surface area contributed by atoms with Gasteiger partial charge in [-0.25, -0.2) is 0 Å². The van der Waals surface area contributed by atoms with Gasteiger partial charge in [-0.15, -0.1) is 0 Å². The van der Waals surface area contributed by atoms with E-state index in [-0.39, 0.29) is 5.48 Å². The molecule has 0 aliphatic rings. The molecule has 10 N–H and O–H groups in total. The lowest BCUT2D eigenvalue weighted by Crippen LogP contribution is -1.91. The topological polar surface area (TPSA) is 136 Å². The molecule has 4 rings (SSSR count). The van der Waals surface area contributed by atoms with E-state index in [0.29, 0.717) is 0 Å². The molecule has 0 saturated carbocycles. The van der Waals surface area contributed by atoms with Crippen LogP contribution in [0.5, 0.6) is 0 Å². The van der Waals surface area contributed by atoms with Gasteiger partial charge in [-0.05, 0) is 121 Å². The first-order valence-corrected chi connectivity index (χ1v) is 10.6. The summed E-state index contributed by atoms with van der Waals surface area (Å²) in [7, 11) is 0. The third kappa shape index (κ3) is 6.05. The number of benzene rings is 4. The fourth-order valence-electron chi connectivity index (χ4n) is 3.42. The maximum absolute atomic E-state index is 5.80. The number of nitrogen functional groups attached to an aromatic ring is 4. The minimum absolute atomic E-state index is 0. The normalized spacial score (nSPS) is 10.1. The molecule has 4 aromatic rings. The van der Waals surface area contributed by atoms with Crippen molar-refractivity contribution in [2.24, 2.45) is 0 Å². The summed E-state index contributed by atoms with van der Waals surface area (Å²) in [5, 5.41) is 0. The van der Waals surface area contributed by atoms with E-state index in [4.69, 9.17) is 22.9 Å². The first-order valence-electron chi connectivity index (χ1n) is 10.6. The van der Waals surface area contributed by atoms with Gasteiger partial charge in [0.2, 0.25) is 0 Å². The maximum atomic E-state index is 5.80. The molecule has 5 heteroatoms. The lowest BCUT2D eigenvalue weighted by atomic mass is 10.0. The molecule has 0 unspecified atom stereocenters. The zero-order valence-corrected chi connectivity index (χ0v) is 19.7. The van der Waals surface area contributed by atoms with Crippen molar-refractivity contribution in [2.75, 3.05) is 22.9 Å². The summed E-state index contributed by atoms with van der Waals surface area (Å²) >= 11 is 0. The number of rotatable bonds is 2. The van der Waals surface area contributed by atoms with Crippen LogP contribution in [0.25, 0.3) is 22.3 Å². The SMILES string of the molecule is Cc1cc(-c2ccc(N)c(C)c2)ccc1N.Cc1cc(-c2ccc(N)c(C)c2)ccc1N.O. The van der Waals surface area contributed by atoms with Crippen LogP contribution in [0.1, 0.15) is 22.3 Å². The van der Waals surface area contributed by atoms with Crippen LogP contribution < -0.4 is 22.9 Å². The van der Waals surface area contributed by atoms with E-state index in [1.165, 1.54) is 22.3 Å². The zero-order valence-electron chi connectivity index (χ0n) is 19.7. The molecular formula is C28H34N4O. The van der Waals surface area contributed by atoms with Gasteiger partial charge in [0.05, 0.1) is 0 Å². The van der Waals surface area contributed by atoms with E-state index in [1.807, 2.05) is 76.2 Å². The molecule has 0 fully saturated rings. The van der Waals surface area contributed by atoms with Crippen LogP contribution in [0.15, 0.2) is 72.8 Å². The molecule has 172 valence electrons. The molecule has 0 spiro atoms. The molecule has 0 amide bonds. The van der Waals surface area contributed by atoms with Crippen LogP contribution in [-0.2, 0) is 0 Å². The van der Waals surface area contributed by atoms with Crippen molar-refractivity contribution < 1.29 is 5.48 Å². The smallest absolute Gasteiger partial charge is 0.0344 e. The lowest BCUT2D eigenvalue weighted by Gasteiger charge is -2.07. The van der Waals surface area contributed by atoms with E-state index in [2.05, 4.69) is 24.3 Å². The fourth-order valence-corrected chi connectivity index (χ4v) is 3.42. The van der Waals surface area contributed by atoms with E-state index in [0.717, 1.165) is 45.0 Å². The third-order valence-electron chi connectivity index (χ3n) is 5.75. The predicted molar refractivity (Wildman–Crippen MR) is 144 cm³/mol. The number of nitrogens with two attached hydrogens (primary N) is 4. The highest BCUT2D eigenvalue weighted by molar-refractivity contribution is 5.71. The first-order chi connectivity index (χ1) is 15.2. The maximum Gasteiger partial charge on any atom is 0.0344 e. The van der Waals surface area contributed by atoms with E-state index < -0.39 is 0 Å². The molecule has 0 aliphatic carbocycles. The van der Waals surface area contributed by atoms with Gasteiger partial charge in [-0.3, -0.25) is 0 Å². The zero-order chi connectivity index (χ0) is 23.4. The Morgan fingerprint density at radius 2 is 0.545 bits per heavy atom. The summed E-state index contributed by atoms with van der Waals surface area (Å²) in [5.74, 6) is 0. The summed E-state index contributed by atoms with van der Waals surface area (Å²) in [6.07, 6.45) is 0. The largest absolute Gasteiger partial charge is 0.412 e. The molecule has 0 aliphatic heterocycles. The summed E-state index contributed by atoms with van der Waals surface area (Å²) in [5.41, 5.74) is 35.6. The fraction of sp³-hybridized carbons (Fsp3) is 0.143. The van der Waals surface area contributed by atoms with Crippen LogP contribution in [0.3, 0.4) is 0 Å². The molecule has 5 nitrogen and oxygen atoms in total. The standard InChI is InChI=1S/2C14H16N2.H2O/c2*1-9-7-11(3-5-13(9)15)12-4-6-14(16)10(2)8-12;/h2*3-8H,15-16H2,1-2H3;1H2. The molecule has 4 aromatic carbocycles. The molecule has 0 heterocycles. The van der Waals surface area contributed by atoms with E-state index in [1.54, 1.807) is 0 Å². The highest BCUT2D eigenvalue weighted by Crippen LogP contribution is 2.27. The Hall–Kier alpha value is -3.96. The van der Waals surface area contributed by atoms with Gasteiger partial charge in [0.1, 0.15) is 0 Å². The van der Waals surface area contributed by atoms with Crippen molar-refractivity contribution in [2.45, 2.75) is 27.7 Å². The average Bonchev–Trinajstić information content (AvgIpc) is 2.76. The Labute approximate surface area is 196 Å². The van der Waals surface area contributed by atoms with E-state index >= 15 is 0 Å². The van der Waals surface area contributed by atoms with Gasteiger partial charge in [0, 0.05) is 22.7 Å². The molecule has 0 bridgehead atoms. The minimum Gasteiger partial charge on any atom is -0.412 e. The second-order valence-corrected chi connectivity index (χ2v) is 8.29. The van der Waals surface area contributed by atoms with Crippen LogP contribution in [0.2, 0.25) is 0 Å². The van der Waals surface area contributed by atoms with Gasteiger partial charge in [-0.2, -0.15) is 0 Å². The molecular weight excluding hydrogens is 408 g/mol. The predicted octanol–water partition coefficient (Wildman–Crippen LogP) is 5.44. The monoisotopic (exact) mass is 442 g/mol. The van der Waals surface area contributed by atoms with Crippen molar-refractivity contribution >= 4 is 22.7 Å². The second-order valence-electron chi connectivity index (χ2n) is 8.29. The molecule has 0 aromatic heterocycles. The molecule has 0 atom stereocenters. The Bertz CT molecular complexity index is 1070. The van der Waals surface area contributed by atoms with Crippen molar-refractivity contribution in [1.82, 2.24) is 0 Å². The van der Waals surface area contributed by atoms with Crippen molar-refractivity contribution in [3.8, 4) is 22.3 Å². The van der Waals surface area contributed by atoms with Crippen molar-refractivity contribution in [1.29, 1.82) is 0 Å². The summed E-state index contributed by atoms with van der Waals surface area (Å²) < 4.78 is 0. The Morgan fingerprint density at radius 3 is 0.697 bits per heavy atom. The second kappa shape index (κ2) is 10.6. The highest BCUT2D eigenvalue weighted by atomic mass is 16.0. The average molecular weight is 443 g/mol. The molecule has 0 radical (unpaired) electrons. The van der Waals surface area contributed by atoms with Gasteiger partial charge in [0.25, 0.3) is 0 Å². The number of anilines is 4. The number of hydrogen-bond donors (Lipinski definition) is 4. The summed E-state index contributed by atoms with van der Waals surface area (Å²) in [6.45, 7) is 8.07. The van der Waals surface area contributed by atoms with Gasteiger partial charge < -0.3 is 28.4 Å². The van der Waals surface area contributed by atoms with Crippen molar-refractivity contribution in [3.05, 3.63) is 95.1 Å². The molecule has 0 saturated heterocycles. The number of hydrogen-bond acceptors (Lipinski definition) is 4. The Kier molecular flexibility index (Phi) is 8.10. The first kappa shape index (κ1) is 25.3. The van der Waals surface area contributed by atoms with Crippen LogP contribution in [-0.4, -0.2) is 5.48 Å². The summed E-state index contributed by atoms with van der Waals surface area (Å²) in [4.78, 5) is 0. The highest BCUT2D eigenvalue weighted by Gasteiger charge is 2.03. The Balaban J connectivity index is 0.000000227. The third-order valence-corrected chi connectivity index (χ3v) is 5.75. The van der Waals surface area contributed by atoms with E-state index in [9.17, 15) is 0 Å². The van der Waals surface area contributed by atoms with Crippen LogP contribution >= 0.6 is 0 Å². The Morgan fingerprint density at radius 1 is 0.364 bits per heavy atom. The van der Waals surface area contributed by atoms with Gasteiger partial charge in [0.15, 0.2) is 0 Å². The summed E-state index contributed by atoms with van der Waals surface area (Å²) in [6, 6.07) is 24.3. The quantitative estimate of drug-likeness (QED) is 0.307. The van der Waals surface area contributed by atoms with Gasteiger partial charge in [-0.1, -0.05) is 24.3 Å². The van der Waals surface area contributed by atoms with Gasteiger partial charge >= 0.3 is 0 Å². The molecule has 33 heavy (non-hydrogen) atoms. The lowest BCUT2D eigenvalue weighted by molar-refractivity contribution is 0.824. The van der Waals surface area contributed by atoms with Crippen molar-refractivity contribution in [3.63, 3.8) is 0 Å².